The van der Waals surface area contributed by atoms with E-state index < -0.39 is 5.97 Å². The largest absolute Gasteiger partial charge is 0.489 e. The van der Waals surface area contributed by atoms with Gasteiger partial charge in [-0.2, -0.15) is 0 Å². The van der Waals surface area contributed by atoms with Crippen LogP contribution in [0.2, 0.25) is 0 Å². The van der Waals surface area contributed by atoms with E-state index >= 15 is 0 Å². The highest BCUT2D eigenvalue weighted by Crippen LogP contribution is 2.22. The second-order valence-corrected chi connectivity index (χ2v) is 6.93. The fourth-order valence-corrected chi connectivity index (χ4v) is 3.09. The number of carbonyl (C=O) groups is 1. The van der Waals surface area contributed by atoms with Gasteiger partial charge in [-0.25, -0.2) is 9.79 Å². The first kappa shape index (κ1) is 17.5. The van der Waals surface area contributed by atoms with Gasteiger partial charge in [0.1, 0.15) is 12.4 Å². The molecule has 0 amide bonds. The Kier molecular flexibility index (Phi) is 5.06. The Balaban J connectivity index is 1.51. The monoisotopic (exact) mass is 471 g/mol. The SMILES string of the molecule is O=C1OC(c2ccco2)=N/C1=C\c1cccc(OCc2ccccc2I)c1. The zero-order chi connectivity index (χ0) is 18.6. The Morgan fingerprint density at radius 1 is 1.07 bits per heavy atom. The zero-order valence-electron chi connectivity index (χ0n) is 14.1. The molecule has 27 heavy (non-hydrogen) atoms. The first-order valence-electron chi connectivity index (χ1n) is 8.22. The molecule has 134 valence electrons. The summed E-state index contributed by atoms with van der Waals surface area (Å²) in [4.78, 5) is 16.3. The van der Waals surface area contributed by atoms with Crippen LogP contribution in [-0.2, 0) is 16.1 Å². The number of nitrogens with zero attached hydrogens (tertiary/aromatic N) is 1. The minimum absolute atomic E-state index is 0.169. The summed E-state index contributed by atoms with van der Waals surface area (Å²) in [6, 6.07) is 18.9. The number of cyclic esters (lactones) is 1. The number of furan rings is 1. The number of rotatable bonds is 5. The van der Waals surface area contributed by atoms with Gasteiger partial charge in [0.05, 0.1) is 6.26 Å². The molecular weight excluding hydrogens is 457 g/mol. The number of aliphatic imine (C=N–C) groups is 1. The summed E-state index contributed by atoms with van der Waals surface area (Å²) in [5.41, 5.74) is 2.14. The molecule has 0 bridgehead atoms. The first-order chi connectivity index (χ1) is 13.2. The van der Waals surface area contributed by atoms with Gasteiger partial charge in [0.15, 0.2) is 11.5 Å². The summed E-state index contributed by atoms with van der Waals surface area (Å²) in [7, 11) is 0. The molecule has 5 nitrogen and oxygen atoms in total. The quantitative estimate of drug-likeness (QED) is 0.305. The van der Waals surface area contributed by atoms with Crippen LogP contribution in [0.15, 0.2) is 82.0 Å². The molecule has 0 fully saturated rings. The minimum atomic E-state index is -0.508. The Morgan fingerprint density at radius 3 is 2.78 bits per heavy atom. The lowest BCUT2D eigenvalue weighted by Gasteiger charge is -2.08. The van der Waals surface area contributed by atoms with Crippen molar-refractivity contribution in [1.82, 2.24) is 0 Å². The van der Waals surface area contributed by atoms with E-state index in [1.54, 1.807) is 18.2 Å². The van der Waals surface area contributed by atoms with Gasteiger partial charge in [0, 0.05) is 9.13 Å². The number of halogens is 1. The third-order valence-corrected chi connectivity index (χ3v) is 4.92. The van der Waals surface area contributed by atoms with Gasteiger partial charge in [-0.15, -0.1) is 0 Å². The second-order valence-electron chi connectivity index (χ2n) is 5.77. The van der Waals surface area contributed by atoms with Crippen LogP contribution in [0.3, 0.4) is 0 Å². The van der Waals surface area contributed by atoms with Crippen LogP contribution >= 0.6 is 22.6 Å². The predicted octanol–water partition coefficient (Wildman–Crippen LogP) is 4.81. The Bertz CT molecular complexity index is 1040. The van der Waals surface area contributed by atoms with Crippen molar-refractivity contribution < 1.29 is 18.7 Å². The Hall–Kier alpha value is -2.87. The van der Waals surface area contributed by atoms with E-state index in [-0.39, 0.29) is 11.6 Å². The van der Waals surface area contributed by atoms with E-state index in [0.717, 1.165) is 14.7 Å². The van der Waals surface area contributed by atoms with Gasteiger partial charge in [-0.3, -0.25) is 0 Å². The summed E-state index contributed by atoms with van der Waals surface area (Å²) in [5, 5.41) is 0. The first-order valence-corrected chi connectivity index (χ1v) is 9.29. The van der Waals surface area contributed by atoms with Crippen molar-refractivity contribution >= 4 is 40.5 Å². The zero-order valence-corrected chi connectivity index (χ0v) is 16.3. The van der Waals surface area contributed by atoms with E-state index in [2.05, 4.69) is 27.6 Å². The van der Waals surface area contributed by atoms with Crippen molar-refractivity contribution in [2.24, 2.45) is 4.99 Å². The topological polar surface area (TPSA) is 61.0 Å². The highest BCUT2D eigenvalue weighted by molar-refractivity contribution is 14.1. The van der Waals surface area contributed by atoms with Crippen molar-refractivity contribution in [3.8, 4) is 5.75 Å². The van der Waals surface area contributed by atoms with Crippen LogP contribution in [0, 0.1) is 3.57 Å². The average Bonchev–Trinajstić information content (AvgIpc) is 3.32. The molecule has 4 rings (SSSR count). The fraction of sp³-hybridized carbons (Fsp3) is 0.0476. The molecule has 0 saturated carbocycles. The molecular formula is C21H14INO4. The summed E-state index contributed by atoms with van der Waals surface area (Å²) in [6.07, 6.45) is 3.17. The lowest BCUT2D eigenvalue weighted by Crippen LogP contribution is -2.04. The van der Waals surface area contributed by atoms with Gasteiger partial charge in [0.2, 0.25) is 0 Å². The molecule has 0 aliphatic carbocycles. The van der Waals surface area contributed by atoms with Crippen LogP contribution in [-0.4, -0.2) is 11.9 Å². The minimum Gasteiger partial charge on any atom is -0.489 e. The summed E-state index contributed by atoms with van der Waals surface area (Å²) in [6.45, 7) is 0.474. The third kappa shape index (κ3) is 4.11. The lowest BCUT2D eigenvalue weighted by molar-refractivity contribution is -0.130. The van der Waals surface area contributed by atoms with E-state index in [9.17, 15) is 4.79 Å². The van der Waals surface area contributed by atoms with Crippen LogP contribution < -0.4 is 4.74 Å². The maximum atomic E-state index is 12.0. The summed E-state index contributed by atoms with van der Waals surface area (Å²) < 4.78 is 17.4. The van der Waals surface area contributed by atoms with E-state index in [1.807, 2.05) is 48.5 Å². The van der Waals surface area contributed by atoms with Gasteiger partial charge in [0.25, 0.3) is 5.90 Å². The standard InChI is InChI=1S/C21H14INO4/c22-17-8-2-1-6-15(17)13-26-16-7-3-5-14(11-16)12-18-21(24)27-20(23-18)19-9-4-10-25-19/h1-12H,13H2/b18-12-. The second kappa shape index (κ2) is 7.79. The average molecular weight is 471 g/mol. The van der Waals surface area contributed by atoms with Crippen LogP contribution in [0.5, 0.6) is 5.75 Å². The van der Waals surface area contributed by atoms with Gasteiger partial charge < -0.3 is 13.9 Å². The molecule has 3 aromatic rings. The molecule has 1 aliphatic rings. The molecule has 6 heteroatoms. The van der Waals surface area contributed by atoms with Gasteiger partial charge in [-0.05, 0) is 64.6 Å². The molecule has 1 aromatic heterocycles. The van der Waals surface area contributed by atoms with Crippen LogP contribution in [0.25, 0.3) is 6.08 Å². The van der Waals surface area contributed by atoms with Crippen molar-refractivity contribution in [2.45, 2.75) is 6.61 Å². The lowest BCUT2D eigenvalue weighted by atomic mass is 10.2. The van der Waals surface area contributed by atoms with Gasteiger partial charge >= 0.3 is 5.97 Å². The highest BCUT2D eigenvalue weighted by Gasteiger charge is 2.25. The van der Waals surface area contributed by atoms with E-state index in [0.29, 0.717) is 18.1 Å². The molecule has 0 atom stereocenters. The van der Waals surface area contributed by atoms with Crippen molar-refractivity contribution in [3.05, 3.63) is 93.1 Å². The molecule has 0 N–H and O–H groups in total. The van der Waals surface area contributed by atoms with Gasteiger partial charge in [-0.1, -0.05) is 30.3 Å². The third-order valence-electron chi connectivity index (χ3n) is 3.87. The Labute approximate surface area is 169 Å². The summed E-state index contributed by atoms with van der Waals surface area (Å²) in [5.74, 6) is 0.792. The van der Waals surface area contributed by atoms with Crippen molar-refractivity contribution in [3.63, 3.8) is 0 Å². The Morgan fingerprint density at radius 2 is 1.96 bits per heavy atom. The van der Waals surface area contributed by atoms with Crippen LogP contribution in [0.4, 0.5) is 0 Å². The highest BCUT2D eigenvalue weighted by atomic mass is 127. The number of ether oxygens (including phenoxy) is 2. The smallest absolute Gasteiger partial charge is 0.363 e. The molecule has 0 spiro atoms. The molecule has 1 aliphatic heterocycles. The summed E-state index contributed by atoms with van der Waals surface area (Å²) >= 11 is 2.29. The number of esters is 1. The van der Waals surface area contributed by atoms with Crippen molar-refractivity contribution in [2.75, 3.05) is 0 Å². The van der Waals surface area contributed by atoms with Crippen molar-refractivity contribution in [1.29, 1.82) is 0 Å². The number of hydrogen-bond acceptors (Lipinski definition) is 5. The number of hydrogen-bond donors (Lipinski definition) is 0. The molecule has 2 aromatic carbocycles. The van der Waals surface area contributed by atoms with Crippen LogP contribution in [0.1, 0.15) is 16.9 Å². The maximum absolute atomic E-state index is 12.0. The number of benzene rings is 2. The van der Waals surface area contributed by atoms with E-state index in [1.165, 1.54) is 6.26 Å². The predicted molar refractivity (Wildman–Crippen MR) is 109 cm³/mol. The molecule has 0 unspecified atom stereocenters. The fourth-order valence-electron chi connectivity index (χ4n) is 2.54. The molecule has 0 saturated heterocycles. The number of carbonyl (C=O) groups excluding carboxylic acids is 1. The van der Waals surface area contributed by atoms with E-state index in [4.69, 9.17) is 13.9 Å². The maximum Gasteiger partial charge on any atom is 0.363 e. The molecule has 0 radical (unpaired) electrons. The molecule has 2 heterocycles. The normalized spacial score (nSPS) is 14.9.